The number of imidazole rings is 1. The zero-order valence-electron chi connectivity index (χ0n) is 17.2. The Morgan fingerprint density at radius 1 is 1.00 bits per heavy atom. The second-order valence-electron chi connectivity index (χ2n) is 7.28. The Morgan fingerprint density at radius 3 is 2.43 bits per heavy atom. The third-order valence-electron chi connectivity index (χ3n) is 5.02. The van der Waals surface area contributed by atoms with Crippen molar-refractivity contribution >= 4 is 17.6 Å². The minimum Gasteiger partial charge on any atom is -0.478 e. The molecule has 6 heteroatoms. The molecule has 1 amide bonds. The van der Waals surface area contributed by atoms with Crippen LogP contribution in [0.4, 0.5) is 5.69 Å². The Morgan fingerprint density at radius 2 is 1.73 bits per heavy atom. The van der Waals surface area contributed by atoms with Crippen molar-refractivity contribution < 1.29 is 14.7 Å². The molecule has 0 bridgehead atoms. The number of carbonyl (C=O) groups excluding carboxylic acids is 1. The maximum absolute atomic E-state index is 12.5. The van der Waals surface area contributed by atoms with E-state index in [4.69, 9.17) is 0 Å². The number of aromatic carboxylic acids is 1. The average Bonchev–Trinajstić information content (AvgIpc) is 3.19. The molecule has 3 rings (SSSR count). The number of aromatic nitrogens is 2. The number of anilines is 1. The van der Waals surface area contributed by atoms with Crippen LogP contribution in [0.25, 0.3) is 0 Å². The monoisotopic (exact) mass is 405 g/mol. The summed E-state index contributed by atoms with van der Waals surface area (Å²) in [6, 6.07) is 13.8. The normalized spacial score (nSPS) is 10.7. The molecule has 0 spiro atoms. The second-order valence-corrected chi connectivity index (χ2v) is 7.28. The first-order valence-corrected chi connectivity index (χ1v) is 10.3. The smallest absolute Gasteiger partial charge is 0.336 e. The minimum absolute atomic E-state index is 0.0156. The molecule has 0 aliphatic heterocycles. The number of carboxylic acids is 1. The molecule has 1 heterocycles. The summed E-state index contributed by atoms with van der Waals surface area (Å²) >= 11 is 0. The summed E-state index contributed by atoms with van der Waals surface area (Å²) in [5.74, 6) is -0.472. The maximum atomic E-state index is 12.5. The third-order valence-corrected chi connectivity index (χ3v) is 5.02. The van der Waals surface area contributed by atoms with Crippen LogP contribution in [0.1, 0.15) is 64.7 Å². The van der Waals surface area contributed by atoms with E-state index in [1.54, 1.807) is 12.1 Å². The number of rotatable bonds is 10. The number of carbonyl (C=O) groups is 2. The van der Waals surface area contributed by atoms with Crippen molar-refractivity contribution in [1.29, 1.82) is 0 Å². The summed E-state index contributed by atoms with van der Waals surface area (Å²) in [4.78, 5) is 28.3. The summed E-state index contributed by atoms with van der Waals surface area (Å²) in [6.45, 7) is 2.93. The molecule has 0 saturated carbocycles. The lowest BCUT2D eigenvalue weighted by Crippen LogP contribution is -2.16. The number of amides is 1. The SMILES string of the molecule is CCCCCCc1nccn1Cc1ccc(NC(=O)c2ccccc2C(=O)O)cc1. The van der Waals surface area contributed by atoms with Crippen molar-refractivity contribution in [2.75, 3.05) is 5.32 Å². The fourth-order valence-electron chi connectivity index (χ4n) is 3.38. The van der Waals surface area contributed by atoms with Gasteiger partial charge in [0.05, 0.1) is 11.1 Å². The summed E-state index contributed by atoms with van der Waals surface area (Å²) in [5.41, 5.74) is 1.85. The highest BCUT2D eigenvalue weighted by molar-refractivity contribution is 6.10. The zero-order chi connectivity index (χ0) is 21.3. The first-order valence-electron chi connectivity index (χ1n) is 10.3. The number of aryl methyl sites for hydroxylation is 1. The van der Waals surface area contributed by atoms with Crippen molar-refractivity contribution in [3.63, 3.8) is 0 Å². The van der Waals surface area contributed by atoms with E-state index in [9.17, 15) is 14.7 Å². The van der Waals surface area contributed by atoms with E-state index in [0.29, 0.717) is 5.69 Å². The van der Waals surface area contributed by atoms with Gasteiger partial charge in [-0.15, -0.1) is 0 Å². The van der Waals surface area contributed by atoms with Crippen LogP contribution >= 0.6 is 0 Å². The van der Waals surface area contributed by atoms with E-state index < -0.39 is 11.9 Å². The van der Waals surface area contributed by atoms with Gasteiger partial charge in [-0.25, -0.2) is 9.78 Å². The van der Waals surface area contributed by atoms with Crippen molar-refractivity contribution in [2.45, 2.75) is 45.6 Å². The van der Waals surface area contributed by atoms with Crippen LogP contribution < -0.4 is 5.32 Å². The molecular formula is C24H27N3O3. The number of hydrogen-bond donors (Lipinski definition) is 2. The van der Waals surface area contributed by atoms with Gasteiger partial charge in [-0.3, -0.25) is 4.79 Å². The van der Waals surface area contributed by atoms with Crippen LogP contribution in [0, 0.1) is 0 Å². The van der Waals surface area contributed by atoms with Crippen molar-refractivity contribution in [3.05, 3.63) is 83.4 Å². The lowest BCUT2D eigenvalue weighted by atomic mass is 10.1. The molecule has 0 unspecified atom stereocenters. The Bertz CT molecular complexity index is 993. The fourth-order valence-corrected chi connectivity index (χ4v) is 3.38. The van der Waals surface area contributed by atoms with Gasteiger partial charge in [-0.1, -0.05) is 50.5 Å². The van der Waals surface area contributed by atoms with Crippen LogP contribution in [0.3, 0.4) is 0 Å². The van der Waals surface area contributed by atoms with E-state index in [0.717, 1.165) is 30.8 Å². The van der Waals surface area contributed by atoms with Crippen LogP contribution in [0.15, 0.2) is 60.9 Å². The Kier molecular flexibility index (Phi) is 7.38. The molecular weight excluding hydrogens is 378 g/mol. The first kappa shape index (κ1) is 21.3. The second kappa shape index (κ2) is 10.4. The highest BCUT2D eigenvalue weighted by Gasteiger charge is 2.15. The minimum atomic E-state index is -1.12. The molecule has 0 saturated heterocycles. The van der Waals surface area contributed by atoms with Gasteiger partial charge in [-0.05, 0) is 36.2 Å². The molecule has 0 aliphatic carbocycles. The van der Waals surface area contributed by atoms with Crippen molar-refractivity contribution in [2.24, 2.45) is 0 Å². The number of nitrogens with zero attached hydrogens (tertiary/aromatic N) is 2. The quantitative estimate of drug-likeness (QED) is 0.465. The molecule has 6 nitrogen and oxygen atoms in total. The molecule has 0 radical (unpaired) electrons. The third kappa shape index (κ3) is 5.56. The Labute approximate surface area is 176 Å². The van der Waals surface area contributed by atoms with Gasteiger partial charge >= 0.3 is 5.97 Å². The topological polar surface area (TPSA) is 84.2 Å². The van der Waals surface area contributed by atoms with Crippen LogP contribution in [0.2, 0.25) is 0 Å². The van der Waals surface area contributed by atoms with Gasteiger partial charge in [0.2, 0.25) is 0 Å². The molecule has 2 aromatic carbocycles. The summed E-state index contributed by atoms with van der Waals surface area (Å²) in [7, 11) is 0. The zero-order valence-corrected chi connectivity index (χ0v) is 17.2. The number of unbranched alkanes of at least 4 members (excludes halogenated alkanes) is 3. The maximum Gasteiger partial charge on any atom is 0.336 e. The average molecular weight is 405 g/mol. The predicted molar refractivity (Wildman–Crippen MR) is 117 cm³/mol. The van der Waals surface area contributed by atoms with Gasteiger partial charge in [0.1, 0.15) is 5.82 Å². The lowest BCUT2D eigenvalue weighted by Gasteiger charge is -2.10. The number of benzene rings is 2. The van der Waals surface area contributed by atoms with Crippen LogP contribution in [0.5, 0.6) is 0 Å². The molecule has 156 valence electrons. The number of carboxylic acid groups (broad SMARTS) is 1. The van der Waals surface area contributed by atoms with Crippen LogP contribution in [-0.2, 0) is 13.0 Å². The van der Waals surface area contributed by atoms with Crippen molar-refractivity contribution in [3.8, 4) is 0 Å². The van der Waals surface area contributed by atoms with E-state index in [1.165, 1.54) is 31.4 Å². The van der Waals surface area contributed by atoms with Gasteiger partial charge in [-0.2, -0.15) is 0 Å². The van der Waals surface area contributed by atoms with Crippen LogP contribution in [-0.4, -0.2) is 26.5 Å². The fraction of sp³-hybridized carbons (Fsp3) is 0.292. The molecule has 0 aliphatic rings. The highest BCUT2D eigenvalue weighted by Crippen LogP contribution is 2.16. The van der Waals surface area contributed by atoms with Gasteiger partial charge in [0.25, 0.3) is 5.91 Å². The van der Waals surface area contributed by atoms with E-state index in [1.807, 2.05) is 36.7 Å². The number of hydrogen-bond acceptors (Lipinski definition) is 3. The highest BCUT2D eigenvalue weighted by atomic mass is 16.4. The Hall–Kier alpha value is -3.41. The first-order chi connectivity index (χ1) is 14.6. The molecule has 30 heavy (non-hydrogen) atoms. The lowest BCUT2D eigenvalue weighted by molar-refractivity contribution is 0.0692. The standard InChI is InChI=1S/C24H27N3O3/c1-2-3-4-5-10-22-25-15-16-27(22)17-18-11-13-19(14-12-18)26-23(28)20-8-6-7-9-21(20)24(29)30/h6-9,11-16H,2-5,10,17H2,1H3,(H,26,28)(H,29,30). The molecule has 0 atom stereocenters. The predicted octanol–water partition coefficient (Wildman–Crippen LogP) is 5.00. The molecule has 1 aromatic heterocycles. The summed E-state index contributed by atoms with van der Waals surface area (Å²) in [5, 5.41) is 12.0. The molecule has 3 aromatic rings. The van der Waals surface area contributed by atoms with Gasteiger partial charge in [0, 0.05) is 31.0 Å². The summed E-state index contributed by atoms with van der Waals surface area (Å²) in [6.07, 6.45) is 9.65. The molecule has 0 fully saturated rings. The van der Waals surface area contributed by atoms with E-state index in [-0.39, 0.29) is 11.1 Å². The van der Waals surface area contributed by atoms with Crippen molar-refractivity contribution in [1.82, 2.24) is 9.55 Å². The van der Waals surface area contributed by atoms with Gasteiger partial charge in [0.15, 0.2) is 0 Å². The van der Waals surface area contributed by atoms with E-state index >= 15 is 0 Å². The van der Waals surface area contributed by atoms with E-state index in [2.05, 4.69) is 21.8 Å². The van der Waals surface area contributed by atoms with Gasteiger partial charge < -0.3 is 15.0 Å². The number of nitrogens with one attached hydrogen (secondary N) is 1. The summed E-state index contributed by atoms with van der Waals surface area (Å²) < 4.78 is 2.16. The molecule has 2 N–H and O–H groups in total. The largest absolute Gasteiger partial charge is 0.478 e. The Balaban J connectivity index is 1.62.